The summed E-state index contributed by atoms with van der Waals surface area (Å²) in [5.41, 5.74) is 7.64. The maximum atomic E-state index is 5.61. The van der Waals surface area contributed by atoms with Gasteiger partial charge in [-0.1, -0.05) is 0 Å². The van der Waals surface area contributed by atoms with E-state index in [4.69, 9.17) is 5.73 Å². The summed E-state index contributed by atoms with van der Waals surface area (Å²) >= 11 is 0. The van der Waals surface area contributed by atoms with Crippen molar-refractivity contribution in [3.05, 3.63) is 36.5 Å². The number of aryl methyl sites for hydroxylation is 1. The molecule has 0 aliphatic heterocycles. The lowest BCUT2D eigenvalue weighted by atomic mass is 10.2. The summed E-state index contributed by atoms with van der Waals surface area (Å²) in [4.78, 5) is 4.10. The Hall–Kier alpha value is -1.92. The Morgan fingerprint density at radius 2 is 2.11 bits per heavy atom. The second-order valence-corrected chi connectivity index (χ2v) is 3.80. The van der Waals surface area contributed by atoms with Gasteiger partial charge in [-0.2, -0.15) is 10.2 Å². The fourth-order valence-corrected chi connectivity index (χ4v) is 1.90. The van der Waals surface area contributed by atoms with Gasteiger partial charge in [0.05, 0.1) is 23.9 Å². The van der Waals surface area contributed by atoms with Gasteiger partial charge in [-0.25, -0.2) is 9.67 Å². The molecule has 0 aliphatic rings. The van der Waals surface area contributed by atoms with E-state index in [0.717, 1.165) is 22.4 Å². The van der Waals surface area contributed by atoms with Crippen molar-refractivity contribution in [1.82, 2.24) is 24.5 Å². The molecule has 1 aromatic carbocycles. The Morgan fingerprint density at radius 3 is 2.89 bits per heavy atom. The van der Waals surface area contributed by atoms with Crippen LogP contribution in [0.1, 0.15) is 5.82 Å². The highest BCUT2D eigenvalue weighted by Crippen LogP contribution is 2.17. The number of aromatic nitrogens is 5. The first-order valence-corrected chi connectivity index (χ1v) is 5.30. The predicted octanol–water partition coefficient (Wildman–Crippen LogP) is 1.03. The monoisotopic (exact) mass is 264 g/mol. The first-order chi connectivity index (χ1) is 8.29. The molecule has 0 fully saturated rings. The lowest BCUT2D eigenvalue weighted by Gasteiger charge is -2.04. The molecular weight excluding hydrogens is 252 g/mol. The minimum Gasteiger partial charge on any atom is -0.324 e. The zero-order valence-corrected chi connectivity index (χ0v) is 10.6. The maximum absolute atomic E-state index is 5.61. The third-order valence-electron chi connectivity index (χ3n) is 2.78. The third kappa shape index (κ3) is 1.85. The Labute approximate surface area is 110 Å². The van der Waals surface area contributed by atoms with Crippen LogP contribution in [-0.4, -0.2) is 24.5 Å². The van der Waals surface area contributed by atoms with E-state index in [1.165, 1.54) is 6.33 Å². The molecule has 0 unspecified atom stereocenters. The number of nitrogens with zero attached hydrogens (tertiary/aromatic N) is 5. The van der Waals surface area contributed by atoms with Crippen molar-refractivity contribution in [2.45, 2.75) is 6.54 Å². The summed E-state index contributed by atoms with van der Waals surface area (Å²) < 4.78 is 3.58. The van der Waals surface area contributed by atoms with Crippen LogP contribution < -0.4 is 5.73 Å². The number of halogens is 1. The van der Waals surface area contributed by atoms with Crippen LogP contribution in [0.4, 0.5) is 0 Å². The molecule has 0 bridgehead atoms. The summed E-state index contributed by atoms with van der Waals surface area (Å²) in [6.07, 6.45) is 3.34. The molecule has 2 N–H and O–H groups in total. The van der Waals surface area contributed by atoms with E-state index < -0.39 is 0 Å². The van der Waals surface area contributed by atoms with Crippen molar-refractivity contribution >= 4 is 23.3 Å². The van der Waals surface area contributed by atoms with Crippen molar-refractivity contribution in [1.29, 1.82) is 0 Å². The van der Waals surface area contributed by atoms with Crippen molar-refractivity contribution in [2.75, 3.05) is 0 Å². The van der Waals surface area contributed by atoms with Gasteiger partial charge in [-0.3, -0.25) is 4.68 Å². The van der Waals surface area contributed by atoms with Crippen LogP contribution in [-0.2, 0) is 13.6 Å². The molecular formula is C11H13ClN6. The Bertz CT molecular complexity index is 671. The van der Waals surface area contributed by atoms with Gasteiger partial charge in [0, 0.05) is 12.4 Å². The number of nitrogens with two attached hydrogens (primary N) is 1. The minimum atomic E-state index is 0. The molecule has 0 saturated heterocycles. The van der Waals surface area contributed by atoms with Crippen molar-refractivity contribution in [2.24, 2.45) is 12.8 Å². The fraction of sp³-hybridized carbons (Fsp3) is 0.182. The van der Waals surface area contributed by atoms with Crippen molar-refractivity contribution < 1.29 is 0 Å². The number of benzene rings is 1. The lowest BCUT2D eigenvalue weighted by molar-refractivity contribution is 0.788. The first kappa shape index (κ1) is 12.5. The number of hydrogen-bond donors (Lipinski definition) is 1. The van der Waals surface area contributed by atoms with Gasteiger partial charge in [0.2, 0.25) is 0 Å². The van der Waals surface area contributed by atoms with Gasteiger partial charge in [-0.15, -0.1) is 12.4 Å². The standard InChI is InChI=1S/C11H12N6.ClH/c1-16-10-3-2-9(4-8(10)6-14-16)17-11(5-12)13-7-15-17;/h2-4,6-7H,5,12H2,1H3;1H. The second kappa shape index (κ2) is 4.75. The molecule has 3 aromatic rings. The van der Waals surface area contributed by atoms with Crippen molar-refractivity contribution in [3.63, 3.8) is 0 Å². The smallest absolute Gasteiger partial charge is 0.145 e. The van der Waals surface area contributed by atoms with Crippen LogP contribution in [0.5, 0.6) is 0 Å². The average Bonchev–Trinajstić information content (AvgIpc) is 2.96. The zero-order chi connectivity index (χ0) is 11.8. The van der Waals surface area contributed by atoms with Crippen LogP contribution >= 0.6 is 12.4 Å². The molecule has 0 radical (unpaired) electrons. The van der Waals surface area contributed by atoms with E-state index in [9.17, 15) is 0 Å². The van der Waals surface area contributed by atoms with Gasteiger partial charge < -0.3 is 5.73 Å². The quantitative estimate of drug-likeness (QED) is 0.750. The molecule has 0 amide bonds. The molecule has 0 aliphatic carbocycles. The Morgan fingerprint density at radius 1 is 1.28 bits per heavy atom. The normalized spacial score (nSPS) is 10.6. The minimum absolute atomic E-state index is 0. The summed E-state index contributed by atoms with van der Waals surface area (Å²) in [7, 11) is 1.92. The largest absolute Gasteiger partial charge is 0.324 e. The Kier molecular flexibility index (Phi) is 3.31. The highest BCUT2D eigenvalue weighted by atomic mass is 35.5. The van der Waals surface area contributed by atoms with E-state index in [-0.39, 0.29) is 12.4 Å². The van der Waals surface area contributed by atoms with E-state index in [0.29, 0.717) is 6.54 Å². The lowest BCUT2D eigenvalue weighted by Crippen LogP contribution is -2.07. The van der Waals surface area contributed by atoms with Crippen LogP contribution in [0.25, 0.3) is 16.6 Å². The Balaban J connectivity index is 0.00000120. The summed E-state index contributed by atoms with van der Waals surface area (Å²) in [5, 5.41) is 9.45. The van der Waals surface area contributed by atoms with Crippen LogP contribution in [0.2, 0.25) is 0 Å². The zero-order valence-electron chi connectivity index (χ0n) is 9.82. The first-order valence-electron chi connectivity index (χ1n) is 5.30. The average molecular weight is 265 g/mol. The summed E-state index contributed by atoms with van der Waals surface area (Å²) in [5.74, 6) is 0.744. The van der Waals surface area contributed by atoms with E-state index in [2.05, 4.69) is 15.2 Å². The number of fused-ring (bicyclic) bond motifs is 1. The fourth-order valence-electron chi connectivity index (χ4n) is 1.90. The summed E-state index contributed by atoms with van der Waals surface area (Å²) in [6.45, 7) is 0.366. The second-order valence-electron chi connectivity index (χ2n) is 3.80. The highest BCUT2D eigenvalue weighted by Gasteiger charge is 2.06. The van der Waals surface area contributed by atoms with Crippen LogP contribution in [0.3, 0.4) is 0 Å². The molecule has 2 heterocycles. The predicted molar refractivity (Wildman–Crippen MR) is 70.8 cm³/mol. The number of rotatable bonds is 2. The summed E-state index contributed by atoms with van der Waals surface area (Å²) in [6, 6.07) is 6.02. The van der Waals surface area contributed by atoms with Crippen LogP contribution in [0, 0.1) is 0 Å². The molecule has 0 saturated carbocycles. The van der Waals surface area contributed by atoms with Gasteiger partial charge in [-0.05, 0) is 18.2 Å². The molecule has 6 nitrogen and oxygen atoms in total. The molecule has 0 spiro atoms. The van der Waals surface area contributed by atoms with Gasteiger partial charge in [0.25, 0.3) is 0 Å². The van der Waals surface area contributed by atoms with Crippen LogP contribution in [0.15, 0.2) is 30.7 Å². The van der Waals surface area contributed by atoms with E-state index >= 15 is 0 Å². The van der Waals surface area contributed by atoms with Gasteiger partial charge in [0.15, 0.2) is 0 Å². The van der Waals surface area contributed by atoms with E-state index in [1.807, 2.05) is 36.1 Å². The topological polar surface area (TPSA) is 74.5 Å². The maximum Gasteiger partial charge on any atom is 0.145 e. The van der Waals surface area contributed by atoms with Gasteiger partial charge in [0.1, 0.15) is 12.2 Å². The van der Waals surface area contributed by atoms with Gasteiger partial charge >= 0.3 is 0 Å². The molecule has 2 aromatic heterocycles. The molecule has 18 heavy (non-hydrogen) atoms. The highest BCUT2D eigenvalue weighted by molar-refractivity contribution is 5.85. The molecule has 94 valence electrons. The van der Waals surface area contributed by atoms with E-state index in [1.54, 1.807) is 4.68 Å². The molecule has 0 atom stereocenters. The SMILES string of the molecule is Cl.Cn1ncc2cc(-n3ncnc3CN)ccc21. The molecule has 7 heteroatoms. The third-order valence-corrected chi connectivity index (χ3v) is 2.78. The molecule has 3 rings (SSSR count). The number of hydrogen-bond acceptors (Lipinski definition) is 4. The van der Waals surface area contributed by atoms with Crippen molar-refractivity contribution in [3.8, 4) is 5.69 Å².